The molecule has 2 aliphatic heterocycles. The number of carbonyl (C=O) groups excluding carboxylic acids is 4. The van der Waals surface area contributed by atoms with E-state index in [0.29, 0.717) is 0 Å². The first-order valence-electron chi connectivity index (χ1n) is 14.9. The van der Waals surface area contributed by atoms with Gasteiger partial charge in [0.2, 0.25) is 23.6 Å². The summed E-state index contributed by atoms with van der Waals surface area (Å²) in [6.07, 6.45) is 4.02. The van der Waals surface area contributed by atoms with Crippen LogP contribution >= 0.6 is 0 Å². The third-order valence-corrected chi connectivity index (χ3v) is 10.2. The Morgan fingerprint density at radius 1 is 0.609 bits per heavy atom. The van der Waals surface area contributed by atoms with Crippen molar-refractivity contribution in [1.82, 2.24) is 0 Å². The monoisotopic (exact) mass is 616 g/mol. The predicted molar refractivity (Wildman–Crippen MR) is 163 cm³/mol. The topological polar surface area (TPSA) is 161 Å². The summed E-state index contributed by atoms with van der Waals surface area (Å²) in [5, 5.41) is 23.0. The average molecular weight is 617 g/mol. The molecule has 2 heterocycles. The number of imide groups is 2. The fourth-order valence-corrected chi connectivity index (χ4v) is 8.52. The second-order valence-electron chi connectivity index (χ2n) is 12.3. The van der Waals surface area contributed by atoms with Crippen molar-refractivity contribution in [2.75, 3.05) is 9.80 Å². The van der Waals surface area contributed by atoms with Gasteiger partial charge >= 0.3 is 0 Å². The first-order valence-corrected chi connectivity index (χ1v) is 14.9. The van der Waals surface area contributed by atoms with Crippen LogP contribution in [0.2, 0.25) is 0 Å². The van der Waals surface area contributed by atoms with Gasteiger partial charge in [0, 0.05) is 36.1 Å². The number of hydrogen-bond donors (Lipinski definition) is 0. The first kappa shape index (κ1) is 27.7. The maximum Gasteiger partial charge on any atom is 0.271 e. The van der Waals surface area contributed by atoms with Gasteiger partial charge < -0.3 is 0 Å². The normalized spacial score (nSPS) is 29.3. The zero-order valence-electron chi connectivity index (χ0n) is 24.0. The molecular weight excluding hydrogens is 592 g/mol. The van der Waals surface area contributed by atoms with E-state index in [2.05, 4.69) is 0 Å². The number of carbonyl (C=O) groups is 4. The Balaban J connectivity index is 1.26. The zero-order valence-corrected chi connectivity index (χ0v) is 24.0. The summed E-state index contributed by atoms with van der Waals surface area (Å²) >= 11 is 0. The number of amides is 4. The summed E-state index contributed by atoms with van der Waals surface area (Å²) in [4.78, 5) is 80.5. The molecule has 7 atom stereocenters. The quantitative estimate of drug-likeness (QED) is 0.172. The fraction of sp³-hybridized carbons (Fsp3) is 0.235. The number of anilines is 2. The number of allylic oxidation sites excluding steroid dienone is 4. The van der Waals surface area contributed by atoms with E-state index in [9.17, 15) is 39.4 Å². The lowest BCUT2D eigenvalue weighted by atomic mass is 9.49. The number of hydrogen-bond acceptors (Lipinski definition) is 8. The second-order valence-corrected chi connectivity index (χ2v) is 12.3. The summed E-state index contributed by atoms with van der Waals surface area (Å²) in [6.45, 7) is 0. The lowest BCUT2D eigenvalue weighted by Crippen LogP contribution is -2.51. The maximum absolute atomic E-state index is 14.3. The number of nitro benzene ring substituents is 2. The lowest BCUT2D eigenvalue weighted by molar-refractivity contribution is -0.385. The van der Waals surface area contributed by atoms with Gasteiger partial charge in [-0.1, -0.05) is 60.2 Å². The van der Waals surface area contributed by atoms with Crippen molar-refractivity contribution in [2.45, 2.75) is 6.42 Å². The molecule has 2 saturated heterocycles. The van der Waals surface area contributed by atoms with E-state index in [1.165, 1.54) is 48.5 Å². The minimum absolute atomic E-state index is 0.111. The molecule has 12 heteroatoms. The highest BCUT2D eigenvalue weighted by molar-refractivity contribution is 6.25. The van der Waals surface area contributed by atoms with E-state index in [0.717, 1.165) is 26.5 Å². The van der Waals surface area contributed by atoms with Gasteiger partial charge in [-0.05, 0) is 35.6 Å². The van der Waals surface area contributed by atoms with Gasteiger partial charge in [0.1, 0.15) is 0 Å². The van der Waals surface area contributed by atoms with Gasteiger partial charge in [-0.15, -0.1) is 0 Å². The third-order valence-electron chi connectivity index (χ3n) is 10.2. The summed E-state index contributed by atoms with van der Waals surface area (Å²) in [5.41, 5.74) is 2.26. The van der Waals surface area contributed by atoms with Crippen molar-refractivity contribution in [3.8, 4) is 0 Å². The molecule has 0 N–H and O–H groups in total. The van der Waals surface area contributed by atoms with Crippen LogP contribution in [0.4, 0.5) is 22.7 Å². The van der Waals surface area contributed by atoms with E-state index < -0.39 is 74.9 Å². The van der Waals surface area contributed by atoms with Crippen LogP contribution in [-0.2, 0) is 19.2 Å². The van der Waals surface area contributed by atoms with Crippen LogP contribution in [0.15, 0.2) is 96.6 Å². The van der Waals surface area contributed by atoms with Crippen LogP contribution in [0.3, 0.4) is 0 Å². The number of fused-ring (bicyclic) bond motifs is 1. The van der Waals surface area contributed by atoms with Crippen molar-refractivity contribution in [1.29, 1.82) is 0 Å². The highest BCUT2D eigenvalue weighted by atomic mass is 16.6. The standard InChI is InChI=1S/C34H24N4O8/c39-31-25-16-24(17-6-2-1-3-7-17)26-22-12-13-23(27(26)30(25)34(42)35(31)18-8-4-10-20(14-18)37(43)44)29-28(22)32(40)36(33(29)41)19-9-5-11-21(15-19)38(45)46/h1-15,22-23,25,27-30H,16H2/t22-,23-,25-,27-,28-,29+,30-/m1/s1. The Morgan fingerprint density at radius 3 is 1.78 bits per heavy atom. The molecule has 12 nitrogen and oxygen atoms in total. The highest BCUT2D eigenvalue weighted by Gasteiger charge is 2.67. The van der Waals surface area contributed by atoms with E-state index in [1.54, 1.807) is 0 Å². The number of nitro groups is 2. The van der Waals surface area contributed by atoms with E-state index in [1.807, 2.05) is 42.5 Å². The molecule has 228 valence electrons. The highest BCUT2D eigenvalue weighted by Crippen LogP contribution is 2.63. The summed E-state index contributed by atoms with van der Waals surface area (Å²) in [5.74, 6) is -6.84. The van der Waals surface area contributed by atoms with Gasteiger partial charge in [0.15, 0.2) is 0 Å². The molecule has 2 bridgehead atoms. The smallest absolute Gasteiger partial charge is 0.271 e. The Kier molecular flexibility index (Phi) is 5.95. The van der Waals surface area contributed by atoms with Crippen LogP contribution in [-0.4, -0.2) is 33.5 Å². The van der Waals surface area contributed by atoms with Crippen molar-refractivity contribution >= 4 is 52.0 Å². The molecule has 4 amide bonds. The molecule has 6 aliphatic rings. The van der Waals surface area contributed by atoms with Crippen LogP contribution in [0.25, 0.3) is 5.57 Å². The van der Waals surface area contributed by atoms with Crippen LogP contribution in [0, 0.1) is 61.7 Å². The molecule has 4 aliphatic carbocycles. The van der Waals surface area contributed by atoms with E-state index >= 15 is 0 Å². The van der Waals surface area contributed by atoms with Crippen molar-refractivity contribution in [3.63, 3.8) is 0 Å². The second kappa shape index (κ2) is 9.86. The zero-order chi connectivity index (χ0) is 32.0. The molecule has 0 unspecified atom stereocenters. The van der Waals surface area contributed by atoms with Gasteiger partial charge in [-0.3, -0.25) is 39.4 Å². The lowest BCUT2D eigenvalue weighted by Gasteiger charge is -2.51. The molecule has 0 aromatic heterocycles. The van der Waals surface area contributed by atoms with Crippen molar-refractivity contribution in [3.05, 3.63) is 122 Å². The number of non-ortho nitro benzene ring substituents is 2. The Bertz CT molecular complexity index is 1990. The summed E-state index contributed by atoms with van der Waals surface area (Å²) in [7, 11) is 0. The summed E-state index contributed by atoms with van der Waals surface area (Å²) in [6, 6.07) is 20.3. The number of benzene rings is 3. The van der Waals surface area contributed by atoms with Crippen molar-refractivity contribution < 1.29 is 29.0 Å². The number of rotatable bonds is 5. The molecule has 1 saturated carbocycles. The Labute approximate surface area is 260 Å². The average Bonchev–Trinajstić information content (AvgIpc) is 3.49. The van der Waals surface area contributed by atoms with Gasteiger partial charge in [0.05, 0.1) is 44.9 Å². The molecule has 3 aromatic rings. The molecule has 3 fully saturated rings. The number of nitrogens with zero attached hydrogens (tertiary/aromatic N) is 4. The van der Waals surface area contributed by atoms with E-state index in [-0.39, 0.29) is 29.2 Å². The Morgan fingerprint density at radius 2 is 1.17 bits per heavy atom. The summed E-state index contributed by atoms with van der Waals surface area (Å²) < 4.78 is 0. The van der Waals surface area contributed by atoms with Gasteiger partial charge in [0.25, 0.3) is 11.4 Å². The molecule has 0 spiro atoms. The van der Waals surface area contributed by atoms with Gasteiger partial charge in [-0.2, -0.15) is 0 Å². The minimum atomic E-state index is -0.845. The third kappa shape index (κ3) is 3.73. The largest absolute Gasteiger partial charge is 0.274 e. The van der Waals surface area contributed by atoms with Crippen LogP contribution < -0.4 is 9.80 Å². The Hall–Kier alpha value is -5.78. The first-order chi connectivity index (χ1) is 22.2. The predicted octanol–water partition coefficient (Wildman–Crippen LogP) is 4.70. The SMILES string of the molecule is O=C1[C@H]2[C@@H]3C=C[C@H](C4=C(c5ccccc5)C[C@H]5C(=O)N(c6cccc([N+](=O)[O-])c6)C(=O)[C@H]5[C@@H]43)[C@H]2C(=O)N1c1cccc([N+](=O)[O-])c1. The fourth-order valence-electron chi connectivity index (χ4n) is 8.52. The molecule has 0 radical (unpaired) electrons. The molecule has 46 heavy (non-hydrogen) atoms. The minimum Gasteiger partial charge on any atom is -0.274 e. The van der Waals surface area contributed by atoms with Crippen LogP contribution in [0.1, 0.15) is 12.0 Å². The van der Waals surface area contributed by atoms with Crippen molar-refractivity contribution in [2.24, 2.45) is 41.4 Å². The van der Waals surface area contributed by atoms with Gasteiger partial charge in [-0.25, -0.2) is 9.80 Å². The molecule has 3 aromatic carbocycles. The molecular formula is C34H24N4O8. The maximum atomic E-state index is 14.3. The molecule has 9 rings (SSSR count). The van der Waals surface area contributed by atoms with Crippen LogP contribution in [0.5, 0.6) is 0 Å². The van der Waals surface area contributed by atoms with E-state index in [4.69, 9.17) is 0 Å².